The van der Waals surface area contributed by atoms with Crippen LogP contribution in [0.4, 0.5) is 4.39 Å². The van der Waals surface area contributed by atoms with Crippen molar-refractivity contribution in [3.8, 4) is 0 Å². The molecule has 0 saturated heterocycles. The maximum Gasteiger partial charge on any atom is 0.142 e. The van der Waals surface area contributed by atoms with Crippen molar-refractivity contribution < 1.29 is 4.39 Å². The van der Waals surface area contributed by atoms with E-state index in [1.54, 1.807) is 6.07 Å². The molecule has 0 amide bonds. The van der Waals surface area contributed by atoms with E-state index in [-0.39, 0.29) is 10.8 Å². The van der Waals surface area contributed by atoms with Crippen LogP contribution in [0, 0.1) is 11.7 Å². The summed E-state index contributed by atoms with van der Waals surface area (Å²) < 4.78 is 15.4. The molecule has 0 bridgehead atoms. The van der Waals surface area contributed by atoms with Crippen LogP contribution in [-0.4, -0.2) is 11.1 Å². The van der Waals surface area contributed by atoms with E-state index >= 15 is 0 Å². The van der Waals surface area contributed by atoms with E-state index in [0.29, 0.717) is 12.5 Å². The average Bonchev–Trinajstić information content (AvgIpc) is 2.81. The Morgan fingerprint density at radius 2 is 2.05 bits per heavy atom. The first-order chi connectivity index (χ1) is 9.54. The Balaban J connectivity index is 1.93. The lowest BCUT2D eigenvalue weighted by atomic mass is 10.2. The number of nitrogens with one attached hydrogen (secondary N) is 1. The SMILES string of the molecule is CC(C)CNCc1ccn(Cc2ccc(Cl)c(F)c2)c1. The number of halogens is 2. The Hall–Kier alpha value is -1.32. The van der Waals surface area contributed by atoms with E-state index in [0.717, 1.165) is 18.7 Å². The molecule has 0 spiro atoms. The summed E-state index contributed by atoms with van der Waals surface area (Å²) in [6.45, 7) is 6.90. The number of nitrogens with zero attached hydrogens (tertiary/aromatic N) is 1. The zero-order valence-corrected chi connectivity index (χ0v) is 12.6. The summed E-state index contributed by atoms with van der Waals surface area (Å²) in [6, 6.07) is 7.02. The van der Waals surface area contributed by atoms with Gasteiger partial charge in [-0.2, -0.15) is 0 Å². The largest absolute Gasteiger partial charge is 0.350 e. The maximum absolute atomic E-state index is 13.4. The van der Waals surface area contributed by atoms with Crippen LogP contribution in [0.1, 0.15) is 25.0 Å². The Kier molecular flexibility index (Phi) is 5.21. The summed E-state index contributed by atoms with van der Waals surface area (Å²) in [6.07, 6.45) is 4.10. The average molecular weight is 295 g/mol. The zero-order valence-electron chi connectivity index (χ0n) is 11.9. The normalized spacial score (nSPS) is 11.2. The third kappa shape index (κ3) is 4.36. The van der Waals surface area contributed by atoms with Crippen molar-refractivity contribution in [2.45, 2.75) is 26.9 Å². The molecule has 0 fully saturated rings. The van der Waals surface area contributed by atoms with Crippen molar-refractivity contribution in [2.75, 3.05) is 6.54 Å². The van der Waals surface area contributed by atoms with E-state index in [2.05, 4.69) is 36.0 Å². The molecule has 20 heavy (non-hydrogen) atoms. The Labute approximate surface area is 124 Å². The Bertz CT molecular complexity index is 563. The highest BCUT2D eigenvalue weighted by molar-refractivity contribution is 6.30. The molecule has 0 atom stereocenters. The summed E-state index contributed by atoms with van der Waals surface area (Å²) >= 11 is 5.68. The molecule has 1 aromatic carbocycles. The number of aromatic nitrogens is 1. The van der Waals surface area contributed by atoms with Crippen LogP contribution < -0.4 is 5.32 Å². The Morgan fingerprint density at radius 3 is 2.75 bits per heavy atom. The van der Waals surface area contributed by atoms with Crippen LogP contribution in [0.3, 0.4) is 0 Å². The minimum atomic E-state index is -0.366. The molecule has 0 unspecified atom stereocenters. The second-order valence-electron chi connectivity index (χ2n) is 5.47. The molecule has 0 aliphatic rings. The molecular weight excluding hydrogens is 275 g/mol. The first kappa shape index (κ1) is 15.1. The van der Waals surface area contributed by atoms with Crippen LogP contribution in [0.2, 0.25) is 5.02 Å². The zero-order chi connectivity index (χ0) is 14.5. The lowest BCUT2D eigenvalue weighted by molar-refractivity contribution is 0.552. The minimum absolute atomic E-state index is 0.167. The van der Waals surface area contributed by atoms with Gasteiger partial charge in [0.1, 0.15) is 5.82 Å². The monoisotopic (exact) mass is 294 g/mol. The second kappa shape index (κ2) is 6.91. The van der Waals surface area contributed by atoms with Gasteiger partial charge in [-0.15, -0.1) is 0 Å². The fraction of sp³-hybridized carbons (Fsp3) is 0.375. The number of hydrogen-bond acceptors (Lipinski definition) is 1. The van der Waals surface area contributed by atoms with Gasteiger partial charge in [0.05, 0.1) is 5.02 Å². The molecule has 0 radical (unpaired) electrons. The highest BCUT2D eigenvalue weighted by Gasteiger charge is 2.03. The lowest BCUT2D eigenvalue weighted by Gasteiger charge is -2.06. The summed E-state index contributed by atoms with van der Waals surface area (Å²) in [5.74, 6) is 0.282. The summed E-state index contributed by atoms with van der Waals surface area (Å²) in [4.78, 5) is 0. The van der Waals surface area contributed by atoms with Crippen molar-refractivity contribution in [3.63, 3.8) is 0 Å². The molecule has 4 heteroatoms. The van der Waals surface area contributed by atoms with E-state index in [1.807, 2.05) is 12.3 Å². The predicted molar refractivity (Wildman–Crippen MR) is 81.5 cm³/mol. The van der Waals surface area contributed by atoms with Gasteiger partial charge in [0.2, 0.25) is 0 Å². The summed E-state index contributed by atoms with van der Waals surface area (Å²) in [5.41, 5.74) is 2.14. The molecule has 108 valence electrons. The van der Waals surface area contributed by atoms with E-state index in [4.69, 9.17) is 11.6 Å². The van der Waals surface area contributed by atoms with Gasteiger partial charge in [0.15, 0.2) is 0 Å². The van der Waals surface area contributed by atoms with Crippen molar-refractivity contribution in [2.24, 2.45) is 5.92 Å². The van der Waals surface area contributed by atoms with Crippen molar-refractivity contribution in [3.05, 3.63) is 58.6 Å². The Morgan fingerprint density at radius 1 is 1.25 bits per heavy atom. The number of rotatable bonds is 6. The van der Waals surface area contributed by atoms with Gasteiger partial charge in [-0.25, -0.2) is 4.39 Å². The smallest absolute Gasteiger partial charge is 0.142 e. The van der Waals surface area contributed by atoms with Gasteiger partial charge in [0.25, 0.3) is 0 Å². The van der Waals surface area contributed by atoms with Gasteiger partial charge in [-0.1, -0.05) is 31.5 Å². The first-order valence-corrected chi connectivity index (χ1v) is 7.21. The minimum Gasteiger partial charge on any atom is -0.350 e. The molecule has 1 N–H and O–H groups in total. The van der Waals surface area contributed by atoms with Gasteiger partial charge >= 0.3 is 0 Å². The van der Waals surface area contributed by atoms with Crippen LogP contribution >= 0.6 is 11.6 Å². The maximum atomic E-state index is 13.4. The third-order valence-corrected chi connectivity index (χ3v) is 3.35. The van der Waals surface area contributed by atoms with Crippen LogP contribution in [-0.2, 0) is 13.1 Å². The van der Waals surface area contributed by atoms with Crippen LogP contribution in [0.15, 0.2) is 36.7 Å². The third-order valence-electron chi connectivity index (χ3n) is 3.04. The van der Waals surface area contributed by atoms with Crippen LogP contribution in [0.5, 0.6) is 0 Å². The van der Waals surface area contributed by atoms with Gasteiger partial charge < -0.3 is 9.88 Å². The van der Waals surface area contributed by atoms with Crippen molar-refractivity contribution in [1.29, 1.82) is 0 Å². The molecule has 0 aliphatic heterocycles. The molecule has 1 aromatic heterocycles. The molecule has 1 heterocycles. The van der Waals surface area contributed by atoms with Gasteiger partial charge in [-0.05, 0) is 41.8 Å². The van der Waals surface area contributed by atoms with Gasteiger partial charge in [0, 0.05) is 25.5 Å². The fourth-order valence-corrected chi connectivity index (χ4v) is 2.16. The molecule has 2 rings (SSSR count). The number of hydrogen-bond donors (Lipinski definition) is 1. The number of benzene rings is 1. The lowest BCUT2D eigenvalue weighted by Crippen LogP contribution is -2.18. The van der Waals surface area contributed by atoms with Crippen LogP contribution in [0.25, 0.3) is 0 Å². The fourth-order valence-electron chi connectivity index (χ4n) is 2.05. The van der Waals surface area contributed by atoms with E-state index < -0.39 is 0 Å². The van der Waals surface area contributed by atoms with E-state index in [9.17, 15) is 4.39 Å². The molecule has 0 saturated carbocycles. The summed E-state index contributed by atoms with van der Waals surface area (Å²) in [5, 5.41) is 3.57. The quantitative estimate of drug-likeness (QED) is 0.849. The second-order valence-corrected chi connectivity index (χ2v) is 5.87. The highest BCUT2D eigenvalue weighted by atomic mass is 35.5. The summed E-state index contributed by atoms with van der Waals surface area (Å²) in [7, 11) is 0. The van der Waals surface area contributed by atoms with E-state index in [1.165, 1.54) is 11.6 Å². The predicted octanol–water partition coefficient (Wildman–Crippen LogP) is 4.07. The highest BCUT2D eigenvalue weighted by Crippen LogP contribution is 2.16. The molecule has 2 nitrogen and oxygen atoms in total. The molecule has 0 aliphatic carbocycles. The standard InChI is InChI=1S/C16H20ClFN2/c1-12(2)8-19-9-14-5-6-20(11-14)10-13-3-4-15(17)16(18)7-13/h3-7,11-12,19H,8-10H2,1-2H3. The van der Waals surface area contributed by atoms with Crippen molar-refractivity contribution >= 4 is 11.6 Å². The topological polar surface area (TPSA) is 17.0 Å². The van der Waals surface area contributed by atoms with Gasteiger partial charge in [-0.3, -0.25) is 0 Å². The molecular formula is C16H20ClFN2. The van der Waals surface area contributed by atoms with Crippen molar-refractivity contribution in [1.82, 2.24) is 9.88 Å². The molecule has 2 aromatic rings. The first-order valence-electron chi connectivity index (χ1n) is 6.84.